The molecule has 0 amide bonds. The molecule has 0 bridgehead atoms. The molecule has 0 aromatic carbocycles. The minimum atomic E-state index is 0.766. The Morgan fingerprint density at radius 1 is 0.909 bits per heavy atom. The van der Waals surface area contributed by atoms with Crippen molar-refractivity contribution in [1.82, 2.24) is 5.32 Å². The van der Waals surface area contributed by atoms with E-state index in [9.17, 15) is 0 Å². The van der Waals surface area contributed by atoms with E-state index in [1.54, 1.807) is 0 Å². The monoisotopic (exact) mass is 309 g/mol. The molecule has 6 unspecified atom stereocenters. The third-order valence-electron chi connectivity index (χ3n) is 6.52. The third-order valence-corrected chi connectivity index (χ3v) is 6.52. The van der Waals surface area contributed by atoms with E-state index >= 15 is 0 Å². The van der Waals surface area contributed by atoms with Gasteiger partial charge in [-0.3, -0.25) is 0 Å². The van der Waals surface area contributed by atoms with Crippen molar-refractivity contribution in [2.75, 3.05) is 6.54 Å². The Hall–Kier alpha value is -0.0400. The van der Waals surface area contributed by atoms with Gasteiger partial charge in [0.15, 0.2) is 0 Å². The van der Waals surface area contributed by atoms with Gasteiger partial charge in [0.25, 0.3) is 0 Å². The SMILES string of the molecule is CCCCC(C)CCC(C)C1CNC(CCCC)C(C)C1C. The Balaban J connectivity index is 2.38. The highest BCUT2D eigenvalue weighted by atomic mass is 14.9. The van der Waals surface area contributed by atoms with E-state index in [-0.39, 0.29) is 0 Å². The molecule has 22 heavy (non-hydrogen) atoms. The van der Waals surface area contributed by atoms with Crippen LogP contribution in [0.1, 0.15) is 92.9 Å². The van der Waals surface area contributed by atoms with Crippen LogP contribution in [0.2, 0.25) is 0 Å². The van der Waals surface area contributed by atoms with Crippen LogP contribution in [0.4, 0.5) is 0 Å². The fraction of sp³-hybridized carbons (Fsp3) is 1.00. The van der Waals surface area contributed by atoms with Gasteiger partial charge in [0.2, 0.25) is 0 Å². The van der Waals surface area contributed by atoms with Crippen LogP contribution in [0.5, 0.6) is 0 Å². The molecule has 0 saturated carbocycles. The summed E-state index contributed by atoms with van der Waals surface area (Å²) in [6, 6.07) is 0.766. The highest BCUT2D eigenvalue weighted by Crippen LogP contribution is 2.36. The van der Waals surface area contributed by atoms with Crippen molar-refractivity contribution < 1.29 is 0 Å². The molecule has 1 heterocycles. The van der Waals surface area contributed by atoms with Gasteiger partial charge in [-0.25, -0.2) is 0 Å². The predicted molar refractivity (Wildman–Crippen MR) is 100 cm³/mol. The first-order valence-electron chi connectivity index (χ1n) is 10.2. The minimum absolute atomic E-state index is 0.766. The third kappa shape index (κ3) is 6.22. The van der Waals surface area contributed by atoms with E-state index in [1.807, 2.05) is 0 Å². The fourth-order valence-electron chi connectivity index (χ4n) is 4.38. The predicted octanol–water partition coefficient (Wildman–Crippen LogP) is 6.28. The van der Waals surface area contributed by atoms with Crippen molar-refractivity contribution in [3.05, 3.63) is 0 Å². The van der Waals surface area contributed by atoms with Crippen molar-refractivity contribution in [3.8, 4) is 0 Å². The van der Waals surface area contributed by atoms with Crippen molar-refractivity contribution in [1.29, 1.82) is 0 Å². The average Bonchev–Trinajstić information content (AvgIpc) is 2.52. The smallest absolute Gasteiger partial charge is 0.00954 e. The molecular formula is C21H43N. The summed E-state index contributed by atoms with van der Waals surface area (Å²) in [6.45, 7) is 15.8. The second-order valence-electron chi connectivity index (χ2n) is 8.34. The largest absolute Gasteiger partial charge is 0.313 e. The molecule has 1 fully saturated rings. The molecule has 0 aliphatic carbocycles. The fourth-order valence-corrected chi connectivity index (χ4v) is 4.38. The van der Waals surface area contributed by atoms with Crippen molar-refractivity contribution in [3.63, 3.8) is 0 Å². The molecule has 1 aliphatic heterocycles. The number of piperidine rings is 1. The van der Waals surface area contributed by atoms with E-state index < -0.39 is 0 Å². The number of unbranched alkanes of at least 4 members (excludes halogenated alkanes) is 2. The zero-order chi connectivity index (χ0) is 16.5. The van der Waals surface area contributed by atoms with Crippen LogP contribution in [0.25, 0.3) is 0 Å². The lowest BCUT2D eigenvalue weighted by Crippen LogP contribution is -2.50. The zero-order valence-electron chi connectivity index (χ0n) is 16.3. The zero-order valence-corrected chi connectivity index (χ0v) is 16.3. The van der Waals surface area contributed by atoms with Gasteiger partial charge in [-0.05, 0) is 42.6 Å². The van der Waals surface area contributed by atoms with Gasteiger partial charge in [0, 0.05) is 6.04 Å². The molecule has 1 saturated heterocycles. The van der Waals surface area contributed by atoms with Crippen LogP contribution < -0.4 is 5.32 Å². The quantitative estimate of drug-likeness (QED) is 0.501. The first-order valence-corrected chi connectivity index (χ1v) is 10.2. The first-order chi connectivity index (χ1) is 10.5. The lowest BCUT2D eigenvalue weighted by Gasteiger charge is -2.43. The number of hydrogen-bond acceptors (Lipinski definition) is 1. The van der Waals surface area contributed by atoms with Crippen molar-refractivity contribution in [2.24, 2.45) is 29.6 Å². The molecule has 132 valence electrons. The number of rotatable bonds is 10. The number of hydrogen-bond donors (Lipinski definition) is 1. The second kappa shape index (κ2) is 10.7. The van der Waals surface area contributed by atoms with Gasteiger partial charge >= 0.3 is 0 Å². The van der Waals surface area contributed by atoms with E-state index in [2.05, 4.69) is 46.9 Å². The van der Waals surface area contributed by atoms with Crippen LogP contribution in [0.3, 0.4) is 0 Å². The van der Waals surface area contributed by atoms with Crippen molar-refractivity contribution >= 4 is 0 Å². The van der Waals surface area contributed by atoms with Crippen LogP contribution >= 0.6 is 0 Å². The lowest BCUT2D eigenvalue weighted by atomic mass is 9.69. The standard InChI is InChI=1S/C21H43N/c1-7-9-11-16(3)13-14-17(4)20-15-22-21(12-10-8-2)19(6)18(20)5/h16-22H,7-15H2,1-6H3. The van der Waals surface area contributed by atoms with Gasteiger partial charge in [0.1, 0.15) is 0 Å². The summed E-state index contributed by atoms with van der Waals surface area (Å²) in [4.78, 5) is 0. The molecule has 1 nitrogen and oxygen atoms in total. The second-order valence-corrected chi connectivity index (χ2v) is 8.34. The van der Waals surface area contributed by atoms with E-state index in [4.69, 9.17) is 0 Å². The summed E-state index contributed by atoms with van der Waals surface area (Å²) in [7, 11) is 0. The molecule has 0 spiro atoms. The Kier molecular flexibility index (Phi) is 9.71. The lowest BCUT2D eigenvalue weighted by molar-refractivity contribution is 0.0966. The van der Waals surface area contributed by atoms with Crippen LogP contribution in [-0.4, -0.2) is 12.6 Å². The maximum atomic E-state index is 3.89. The molecule has 0 aromatic heterocycles. The van der Waals surface area contributed by atoms with Crippen LogP contribution in [-0.2, 0) is 0 Å². The van der Waals surface area contributed by atoms with Gasteiger partial charge < -0.3 is 5.32 Å². The molecule has 1 N–H and O–H groups in total. The molecule has 6 atom stereocenters. The van der Waals surface area contributed by atoms with Gasteiger partial charge in [-0.2, -0.15) is 0 Å². The van der Waals surface area contributed by atoms with Crippen LogP contribution in [0.15, 0.2) is 0 Å². The number of nitrogens with one attached hydrogen (secondary N) is 1. The summed E-state index contributed by atoms with van der Waals surface area (Å²) in [6.07, 6.45) is 11.1. The summed E-state index contributed by atoms with van der Waals surface area (Å²) < 4.78 is 0. The molecular weight excluding hydrogens is 266 g/mol. The summed E-state index contributed by atoms with van der Waals surface area (Å²) in [5, 5.41) is 3.89. The summed E-state index contributed by atoms with van der Waals surface area (Å²) in [5.74, 6) is 4.39. The maximum Gasteiger partial charge on any atom is 0.00954 e. The Labute approximate surface area is 141 Å². The van der Waals surface area contributed by atoms with Crippen LogP contribution in [0, 0.1) is 29.6 Å². The van der Waals surface area contributed by atoms with Crippen molar-refractivity contribution in [2.45, 2.75) is 99.0 Å². The molecule has 0 radical (unpaired) electrons. The highest BCUT2D eigenvalue weighted by molar-refractivity contribution is 4.89. The minimum Gasteiger partial charge on any atom is -0.313 e. The Morgan fingerprint density at radius 3 is 2.23 bits per heavy atom. The summed E-state index contributed by atoms with van der Waals surface area (Å²) >= 11 is 0. The molecule has 1 aliphatic rings. The molecule has 1 heteroatoms. The Morgan fingerprint density at radius 2 is 1.59 bits per heavy atom. The normalized spacial score (nSPS) is 31.9. The molecule has 1 rings (SSSR count). The van der Waals surface area contributed by atoms with Gasteiger partial charge in [-0.15, -0.1) is 0 Å². The van der Waals surface area contributed by atoms with Gasteiger partial charge in [0.05, 0.1) is 0 Å². The van der Waals surface area contributed by atoms with E-state index in [0.717, 1.165) is 35.6 Å². The topological polar surface area (TPSA) is 12.0 Å². The summed E-state index contributed by atoms with van der Waals surface area (Å²) in [5.41, 5.74) is 0. The molecule has 0 aromatic rings. The first kappa shape index (κ1) is 20.0. The van der Waals surface area contributed by atoms with Gasteiger partial charge in [-0.1, -0.05) is 86.5 Å². The van der Waals surface area contributed by atoms with E-state index in [1.165, 1.54) is 57.9 Å². The Bertz CT molecular complexity index is 275. The average molecular weight is 310 g/mol. The van der Waals surface area contributed by atoms with E-state index in [0.29, 0.717) is 0 Å². The highest BCUT2D eigenvalue weighted by Gasteiger charge is 2.35. The maximum absolute atomic E-state index is 3.89.